The van der Waals surface area contributed by atoms with Crippen molar-refractivity contribution in [3.63, 3.8) is 0 Å². The normalized spacial score (nSPS) is 22.2. The molecule has 7 rings (SSSR count). The van der Waals surface area contributed by atoms with E-state index in [4.69, 9.17) is 14.5 Å². The van der Waals surface area contributed by atoms with Crippen molar-refractivity contribution in [3.05, 3.63) is 56.9 Å². The Morgan fingerprint density at radius 3 is 2.60 bits per heavy atom. The van der Waals surface area contributed by atoms with Crippen molar-refractivity contribution in [1.29, 1.82) is 0 Å². The van der Waals surface area contributed by atoms with Crippen LogP contribution in [0.5, 0.6) is 5.75 Å². The molecule has 1 atom stereocenters. The first-order valence-electron chi connectivity index (χ1n) is 15.7. The molecule has 1 amide bonds. The van der Waals surface area contributed by atoms with E-state index in [0.717, 1.165) is 29.4 Å². The number of esters is 1. The lowest BCUT2D eigenvalue weighted by atomic mass is 9.86. The fraction of sp³-hybridized carbons (Fsp3) is 0.515. The Balaban J connectivity index is 1.16. The van der Waals surface area contributed by atoms with Crippen molar-refractivity contribution in [1.82, 2.24) is 14.5 Å². The predicted molar refractivity (Wildman–Crippen MR) is 157 cm³/mol. The third-order valence-electron chi connectivity index (χ3n) is 10.1. The molecule has 226 valence electrons. The molecule has 2 aromatic heterocycles. The summed E-state index contributed by atoms with van der Waals surface area (Å²) in [6, 6.07) is 7.77. The minimum atomic E-state index is -2.11. The standard InChI is InChI=1S/C33H37N4O6/c1-3-22-23-16-21(43-32(40)36-14-10-20(11-15-36)35-12-6-5-7-13-35)8-9-27(23)34-29-24(22)18-37-28(29)17-26-25(30(37)38)19-42-31(39)33(26,41)4-2/h8-9,16-17,20H,3-7,10-15,18-19H2,1-2H3/q-1/p+1/t33-/m0/s1. The summed E-state index contributed by atoms with van der Waals surface area (Å²) in [5.74, 6) is -0.379. The molecule has 1 N–H and O–H groups in total. The third kappa shape index (κ3) is 4.53. The monoisotopic (exact) mass is 586 g/mol. The molecule has 0 spiro atoms. The largest absolute Gasteiger partial charge is 0.838 e. The average Bonchev–Trinajstić information content (AvgIpc) is 3.41. The maximum absolute atomic E-state index is 13.6. The Morgan fingerprint density at radius 1 is 1.12 bits per heavy atom. The SMILES string of the molecule is CCc1c2c(nc3ccc(OC(=O)N4CCC([NH+]5CCCCC5)CC4)cc13)-c1cc3c(c(=O)n1C2)COC(=O)[C@]3([O-])CC. The van der Waals surface area contributed by atoms with Crippen molar-refractivity contribution in [2.24, 2.45) is 0 Å². The molecule has 6 heterocycles. The number of fused-ring (bicyclic) bond motifs is 5. The van der Waals surface area contributed by atoms with Crippen molar-refractivity contribution >= 4 is 23.0 Å². The molecule has 10 nitrogen and oxygen atoms in total. The zero-order valence-electron chi connectivity index (χ0n) is 24.9. The number of pyridine rings is 2. The van der Waals surface area contributed by atoms with E-state index in [1.54, 1.807) is 28.5 Å². The highest BCUT2D eigenvalue weighted by molar-refractivity contribution is 5.90. The summed E-state index contributed by atoms with van der Waals surface area (Å²) in [6.45, 7) is 7.72. The van der Waals surface area contributed by atoms with Gasteiger partial charge in [0.1, 0.15) is 12.4 Å². The van der Waals surface area contributed by atoms with E-state index in [9.17, 15) is 19.5 Å². The van der Waals surface area contributed by atoms with Gasteiger partial charge in [-0.15, -0.1) is 0 Å². The number of ether oxygens (including phenoxy) is 2. The van der Waals surface area contributed by atoms with Gasteiger partial charge in [0.05, 0.1) is 48.1 Å². The van der Waals surface area contributed by atoms with Crippen molar-refractivity contribution < 1.29 is 29.1 Å². The van der Waals surface area contributed by atoms with Crippen LogP contribution in [0.15, 0.2) is 29.1 Å². The van der Waals surface area contributed by atoms with Gasteiger partial charge in [-0.3, -0.25) is 9.59 Å². The molecule has 4 aliphatic rings. The van der Waals surface area contributed by atoms with Gasteiger partial charge in [-0.1, -0.05) is 20.3 Å². The van der Waals surface area contributed by atoms with Crippen LogP contribution in [0.4, 0.5) is 4.79 Å². The highest BCUT2D eigenvalue weighted by atomic mass is 16.6. The predicted octanol–water partition coefficient (Wildman–Crippen LogP) is 2.04. The number of nitrogens with zero attached hydrogens (tertiary/aromatic N) is 3. The number of likely N-dealkylation sites (tertiary alicyclic amines) is 2. The van der Waals surface area contributed by atoms with E-state index in [2.05, 4.69) is 0 Å². The number of hydrogen-bond donors (Lipinski definition) is 1. The molecule has 0 radical (unpaired) electrons. The van der Waals surface area contributed by atoms with Gasteiger partial charge in [0.15, 0.2) is 0 Å². The van der Waals surface area contributed by atoms with Gasteiger partial charge in [-0.2, -0.15) is 0 Å². The number of rotatable bonds is 4. The number of aromatic nitrogens is 2. The van der Waals surface area contributed by atoms with Gasteiger partial charge in [-0.05, 0) is 61.1 Å². The minimum Gasteiger partial charge on any atom is -0.838 e. The number of benzene rings is 1. The highest BCUT2D eigenvalue weighted by Crippen LogP contribution is 2.40. The van der Waals surface area contributed by atoms with Crippen LogP contribution in [0.25, 0.3) is 22.3 Å². The Kier molecular flexibility index (Phi) is 7.01. The quantitative estimate of drug-likeness (QED) is 0.364. The third-order valence-corrected chi connectivity index (χ3v) is 10.1. The number of quaternary nitrogens is 1. The molecule has 10 heteroatoms. The number of carbonyl (C=O) groups excluding carboxylic acids is 2. The van der Waals surface area contributed by atoms with E-state index in [1.165, 1.54) is 32.4 Å². The molecular weight excluding hydrogens is 548 g/mol. The van der Waals surface area contributed by atoms with Crippen LogP contribution in [0.2, 0.25) is 0 Å². The molecule has 4 aliphatic heterocycles. The maximum atomic E-state index is 13.6. The second-order valence-corrected chi connectivity index (χ2v) is 12.4. The summed E-state index contributed by atoms with van der Waals surface area (Å²) < 4.78 is 12.6. The summed E-state index contributed by atoms with van der Waals surface area (Å²) >= 11 is 0. The van der Waals surface area contributed by atoms with E-state index >= 15 is 0 Å². The molecular formula is C33H38N4O6. The van der Waals surface area contributed by atoms with E-state index in [-0.39, 0.29) is 35.8 Å². The molecule has 43 heavy (non-hydrogen) atoms. The number of amides is 1. The van der Waals surface area contributed by atoms with Crippen molar-refractivity contribution in [3.8, 4) is 17.1 Å². The first-order chi connectivity index (χ1) is 20.8. The second kappa shape index (κ2) is 10.7. The topological polar surface area (TPSA) is 118 Å². The first-order valence-corrected chi connectivity index (χ1v) is 15.7. The molecule has 0 unspecified atom stereocenters. The van der Waals surface area contributed by atoms with Crippen LogP contribution >= 0.6 is 0 Å². The number of piperidine rings is 2. The van der Waals surface area contributed by atoms with Gasteiger partial charge in [0.25, 0.3) is 11.5 Å². The fourth-order valence-corrected chi connectivity index (χ4v) is 7.65. The lowest BCUT2D eigenvalue weighted by Crippen LogP contribution is -3.16. The van der Waals surface area contributed by atoms with E-state index in [0.29, 0.717) is 54.8 Å². The van der Waals surface area contributed by atoms with Crippen LogP contribution in [0.3, 0.4) is 0 Å². The number of hydrogen-bond acceptors (Lipinski definition) is 7. The fourth-order valence-electron chi connectivity index (χ4n) is 7.65. The van der Waals surface area contributed by atoms with Gasteiger partial charge >= 0.3 is 6.09 Å². The van der Waals surface area contributed by atoms with Crippen LogP contribution in [0.1, 0.15) is 74.6 Å². The first kappa shape index (κ1) is 28.0. The van der Waals surface area contributed by atoms with Crippen LogP contribution in [0, 0.1) is 0 Å². The minimum absolute atomic E-state index is 0.0149. The summed E-state index contributed by atoms with van der Waals surface area (Å²) in [6.07, 6.45) is 6.30. The molecule has 2 saturated heterocycles. The van der Waals surface area contributed by atoms with Gasteiger partial charge in [0, 0.05) is 42.5 Å². The van der Waals surface area contributed by atoms with Gasteiger partial charge in [-0.25, -0.2) is 9.78 Å². The summed E-state index contributed by atoms with van der Waals surface area (Å²) in [5.41, 5.74) is 1.82. The zero-order valence-corrected chi connectivity index (χ0v) is 24.9. The highest BCUT2D eigenvalue weighted by Gasteiger charge is 2.39. The lowest BCUT2D eigenvalue weighted by Gasteiger charge is -2.41. The second-order valence-electron chi connectivity index (χ2n) is 12.4. The Morgan fingerprint density at radius 2 is 1.88 bits per heavy atom. The molecule has 0 saturated carbocycles. The number of nitrogens with one attached hydrogen (secondary N) is 1. The van der Waals surface area contributed by atoms with Gasteiger partial charge < -0.3 is 28.9 Å². The molecule has 1 aromatic carbocycles. The van der Waals surface area contributed by atoms with E-state index < -0.39 is 11.6 Å². The lowest BCUT2D eigenvalue weighted by molar-refractivity contribution is -0.931. The van der Waals surface area contributed by atoms with Gasteiger partial charge in [0.2, 0.25) is 0 Å². The van der Waals surface area contributed by atoms with E-state index in [1.807, 2.05) is 24.0 Å². The number of aryl methyl sites for hydroxylation is 1. The Bertz CT molecular complexity index is 1690. The summed E-state index contributed by atoms with van der Waals surface area (Å²) in [7, 11) is 0. The molecule has 0 bridgehead atoms. The van der Waals surface area contributed by atoms with Crippen LogP contribution in [-0.2, 0) is 34.7 Å². The Hall–Kier alpha value is -3.76. The Labute approximate surface area is 250 Å². The summed E-state index contributed by atoms with van der Waals surface area (Å²) in [5, 5.41) is 14.4. The molecule has 3 aromatic rings. The average molecular weight is 587 g/mol. The number of carbonyl (C=O) groups is 2. The summed E-state index contributed by atoms with van der Waals surface area (Å²) in [4.78, 5) is 47.5. The number of cyclic esters (lactones) is 1. The maximum Gasteiger partial charge on any atom is 0.415 e. The van der Waals surface area contributed by atoms with Crippen molar-refractivity contribution in [2.75, 3.05) is 26.2 Å². The molecule has 0 aliphatic carbocycles. The zero-order chi connectivity index (χ0) is 29.9. The smallest absolute Gasteiger partial charge is 0.415 e. The van der Waals surface area contributed by atoms with Crippen molar-refractivity contribution in [2.45, 2.75) is 83.6 Å². The van der Waals surface area contributed by atoms with Crippen LogP contribution in [-0.4, -0.2) is 58.7 Å². The van der Waals surface area contributed by atoms with Crippen LogP contribution < -0.4 is 20.3 Å². The molecule has 2 fully saturated rings.